The standard InChI is InChI=1S/C22H30N2O4S/c1-16(2)17-9-11-19(12-10-17)22-21(15-28-24(22)3)29(25,26)23-14-13-18-7-5-6-8-20(18)27-4/h5-12,16,21-23H,13-15H2,1-4H3/t21-,22-/m1/s1. The molecule has 1 fully saturated rings. The molecule has 2 aromatic carbocycles. The minimum absolute atomic E-state index is 0.136. The van der Waals surface area contributed by atoms with E-state index in [0.29, 0.717) is 18.9 Å². The summed E-state index contributed by atoms with van der Waals surface area (Å²) in [4.78, 5) is 5.59. The van der Waals surface area contributed by atoms with Crippen molar-refractivity contribution in [1.82, 2.24) is 9.79 Å². The molecule has 1 N–H and O–H groups in total. The van der Waals surface area contributed by atoms with Crippen molar-refractivity contribution in [3.8, 4) is 5.75 Å². The second-order valence-electron chi connectivity index (χ2n) is 7.65. The number of hydrogen-bond acceptors (Lipinski definition) is 5. The summed E-state index contributed by atoms with van der Waals surface area (Å²) in [6.07, 6.45) is 0.556. The van der Waals surface area contributed by atoms with Crippen LogP contribution in [0.4, 0.5) is 0 Å². The molecular formula is C22H30N2O4S. The van der Waals surface area contributed by atoms with E-state index < -0.39 is 15.3 Å². The fourth-order valence-corrected chi connectivity index (χ4v) is 5.21. The van der Waals surface area contributed by atoms with Crippen molar-refractivity contribution in [3.63, 3.8) is 0 Å². The maximum atomic E-state index is 13.0. The van der Waals surface area contributed by atoms with Crippen molar-refractivity contribution in [2.45, 2.75) is 37.5 Å². The van der Waals surface area contributed by atoms with Gasteiger partial charge < -0.3 is 4.74 Å². The largest absolute Gasteiger partial charge is 0.496 e. The second kappa shape index (κ2) is 9.26. The Morgan fingerprint density at radius 3 is 2.52 bits per heavy atom. The third kappa shape index (κ3) is 4.98. The molecule has 1 saturated heterocycles. The van der Waals surface area contributed by atoms with Gasteiger partial charge in [-0.1, -0.05) is 56.3 Å². The van der Waals surface area contributed by atoms with Crippen molar-refractivity contribution < 1.29 is 18.0 Å². The Morgan fingerprint density at radius 2 is 1.86 bits per heavy atom. The Balaban J connectivity index is 1.71. The zero-order valence-electron chi connectivity index (χ0n) is 17.5. The van der Waals surface area contributed by atoms with Gasteiger partial charge in [-0.25, -0.2) is 13.1 Å². The van der Waals surface area contributed by atoms with Crippen LogP contribution in [0, 0.1) is 0 Å². The highest BCUT2D eigenvalue weighted by atomic mass is 32.2. The maximum absolute atomic E-state index is 13.0. The first-order valence-electron chi connectivity index (χ1n) is 9.89. The number of rotatable bonds is 8. The molecule has 0 spiro atoms. The van der Waals surface area contributed by atoms with Gasteiger partial charge in [0.25, 0.3) is 0 Å². The summed E-state index contributed by atoms with van der Waals surface area (Å²) < 4.78 is 34.2. The van der Waals surface area contributed by atoms with Crippen molar-refractivity contribution >= 4 is 10.0 Å². The predicted molar refractivity (Wildman–Crippen MR) is 114 cm³/mol. The summed E-state index contributed by atoms with van der Waals surface area (Å²) in [5.74, 6) is 1.19. The number of ether oxygens (including phenoxy) is 1. The van der Waals surface area contributed by atoms with Crippen LogP contribution in [-0.4, -0.2) is 46.0 Å². The van der Waals surface area contributed by atoms with E-state index in [9.17, 15) is 8.42 Å². The smallest absolute Gasteiger partial charge is 0.218 e. The van der Waals surface area contributed by atoms with E-state index >= 15 is 0 Å². The van der Waals surface area contributed by atoms with E-state index in [4.69, 9.17) is 9.57 Å². The van der Waals surface area contributed by atoms with Crippen molar-refractivity contribution in [2.75, 3.05) is 27.3 Å². The molecule has 0 saturated carbocycles. The molecule has 1 aliphatic heterocycles. The molecule has 2 atom stereocenters. The highest BCUT2D eigenvalue weighted by Gasteiger charge is 2.43. The third-order valence-corrected chi connectivity index (χ3v) is 7.22. The quantitative estimate of drug-likeness (QED) is 0.713. The summed E-state index contributed by atoms with van der Waals surface area (Å²) in [5, 5.41) is 0.976. The normalized spacial score (nSPS) is 20.3. The molecule has 7 heteroatoms. The first-order valence-corrected chi connectivity index (χ1v) is 11.4. The van der Waals surface area contributed by atoms with Gasteiger partial charge >= 0.3 is 0 Å². The number of methoxy groups -OCH3 is 1. The number of benzene rings is 2. The first kappa shape index (κ1) is 21.8. The number of para-hydroxylation sites is 1. The molecule has 0 amide bonds. The van der Waals surface area contributed by atoms with Gasteiger partial charge in [0.1, 0.15) is 11.0 Å². The molecule has 158 valence electrons. The molecule has 0 bridgehead atoms. The van der Waals surface area contributed by atoms with Gasteiger partial charge in [-0.2, -0.15) is 5.06 Å². The topological polar surface area (TPSA) is 67.9 Å². The third-order valence-electron chi connectivity index (χ3n) is 5.42. The lowest BCUT2D eigenvalue weighted by Crippen LogP contribution is -2.40. The number of nitrogens with zero attached hydrogens (tertiary/aromatic N) is 1. The average molecular weight is 419 g/mol. The van der Waals surface area contributed by atoms with Gasteiger partial charge in [0.05, 0.1) is 19.8 Å². The van der Waals surface area contributed by atoms with Gasteiger partial charge in [-0.15, -0.1) is 0 Å². The lowest BCUT2D eigenvalue weighted by atomic mass is 9.98. The number of nitrogens with one attached hydrogen (secondary N) is 1. The van der Waals surface area contributed by atoms with Crippen LogP contribution in [0.3, 0.4) is 0 Å². The van der Waals surface area contributed by atoms with E-state index in [0.717, 1.165) is 16.9 Å². The zero-order chi connectivity index (χ0) is 21.0. The van der Waals surface area contributed by atoms with Crippen LogP contribution in [-0.2, 0) is 21.3 Å². The van der Waals surface area contributed by atoms with Crippen LogP contribution >= 0.6 is 0 Å². The first-order chi connectivity index (χ1) is 13.8. The monoisotopic (exact) mass is 418 g/mol. The Hall–Kier alpha value is -1.93. The van der Waals surface area contributed by atoms with E-state index in [1.165, 1.54) is 5.56 Å². The SMILES string of the molecule is COc1ccccc1CCNS(=O)(=O)[C@@H]1CON(C)[C@@H]1c1ccc(C(C)C)cc1. The Kier molecular flexibility index (Phi) is 6.95. The predicted octanol–water partition coefficient (Wildman–Crippen LogP) is 3.27. The molecule has 29 heavy (non-hydrogen) atoms. The Morgan fingerprint density at radius 1 is 1.17 bits per heavy atom. The number of hydroxylamine groups is 2. The highest BCUT2D eigenvalue weighted by Crippen LogP contribution is 2.34. The second-order valence-corrected chi connectivity index (χ2v) is 9.63. The number of sulfonamides is 1. The molecule has 1 aliphatic rings. The van der Waals surface area contributed by atoms with E-state index in [2.05, 4.69) is 30.7 Å². The molecular weight excluding hydrogens is 388 g/mol. The molecule has 0 unspecified atom stereocenters. The minimum atomic E-state index is -3.56. The summed E-state index contributed by atoms with van der Waals surface area (Å²) >= 11 is 0. The Bertz CT molecular complexity index is 913. The highest BCUT2D eigenvalue weighted by molar-refractivity contribution is 7.90. The molecule has 1 heterocycles. The van der Waals surface area contributed by atoms with Gasteiger partial charge in [0, 0.05) is 13.6 Å². The summed E-state index contributed by atoms with van der Waals surface area (Å²) in [6.45, 7) is 4.72. The fraction of sp³-hybridized carbons (Fsp3) is 0.455. The van der Waals surface area contributed by atoms with Gasteiger partial charge in [0.15, 0.2) is 0 Å². The van der Waals surface area contributed by atoms with Gasteiger partial charge in [0.2, 0.25) is 10.0 Å². The summed E-state index contributed by atoms with van der Waals surface area (Å²) in [7, 11) is -0.166. The van der Waals surface area contributed by atoms with Gasteiger partial charge in [-0.3, -0.25) is 4.84 Å². The average Bonchev–Trinajstić information content (AvgIpc) is 3.10. The molecule has 6 nitrogen and oxygen atoms in total. The lowest BCUT2D eigenvalue weighted by Gasteiger charge is -2.23. The minimum Gasteiger partial charge on any atom is -0.496 e. The molecule has 0 radical (unpaired) electrons. The van der Waals surface area contributed by atoms with Crippen LogP contribution in [0.15, 0.2) is 48.5 Å². The van der Waals surface area contributed by atoms with Crippen molar-refractivity contribution in [2.24, 2.45) is 0 Å². The van der Waals surface area contributed by atoms with Crippen molar-refractivity contribution in [3.05, 3.63) is 65.2 Å². The van der Waals surface area contributed by atoms with Crippen LogP contribution in [0.1, 0.15) is 42.5 Å². The zero-order valence-corrected chi connectivity index (χ0v) is 18.3. The molecule has 0 aliphatic carbocycles. The van der Waals surface area contributed by atoms with E-state index in [1.54, 1.807) is 19.2 Å². The Labute approximate surface area is 173 Å². The fourth-order valence-electron chi connectivity index (χ4n) is 3.70. The van der Waals surface area contributed by atoms with Crippen LogP contribution in [0.5, 0.6) is 5.75 Å². The van der Waals surface area contributed by atoms with E-state index in [1.807, 2.05) is 36.4 Å². The van der Waals surface area contributed by atoms with Gasteiger partial charge in [-0.05, 0) is 35.1 Å². The van der Waals surface area contributed by atoms with Crippen LogP contribution < -0.4 is 9.46 Å². The maximum Gasteiger partial charge on any atom is 0.218 e. The molecule has 0 aromatic heterocycles. The lowest BCUT2D eigenvalue weighted by molar-refractivity contribution is -0.110. The summed E-state index contributed by atoms with van der Waals surface area (Å²) in [6, 6.07) is 15.4. The van der Waals surface area contributed by atoms with Crippen LogP contribution in [0.25, 0.3) is 0 Å². The number of hydrogen-bond donors (Lipinski definition) is 1. The molecule has 2 aromatic rings. The van der Waals surface area contributed by atoms with Crippen molar-refractivity contribution in [1.29, 1.82) is 0 Å². The molecule has 3 rings (SSSR count). The van der Waals surface area contributed by atoms with Crippen LogP contribution in [0.2, 0.25) is 0 Å². The summed E-state index contributed by atoms with van der Waals surface area (Å²) in [5.41, 5.74) is 3.14. The van der Waals surface area contributed by atoms with E-state index in [-0.39, 0.29) is 12.6 Å².